The Bertz CT molecular complexity index is 1220. The van der Waals surface area contributed by atoms with Crippen molar-refractivity contribution in [3.05, 3.63) is 96.6 Å². The van der Waals surface area contributed by atoms with Crippen molar-refractivity contribution in [2.24, 2.45) is 0 Å². The van der Waals surface area contributed by atoms with Crippen LogP contribution < -0.4 is 5.32 Å². The number of likely N-dealkylation sites (tertiary alicyclic amines) is 1. The maximum absolute atomic E-state index is 12.9. The zero-order chi connectivity index (χ0) is 23.9. The van der Waals surface area contributed by atoms with Gasteiger partial charge in [0.05, 0.1) is 11.8 Å². The first-order valence-electron chi connectivity index (χ1n) is 12.0. The molecule has 5 rings (SSSR count). The number of benzene rings is 3. The summed E-state index contributed by atoms with van der Waals surface area (Å²) in [4.78, 5) is 15.4. The number of carbonyl (C=O) groups excluding carboxylic acids is 1. The maximum Gasteiger partial charge on any atom is 0.230 e. The number of nitrogens with zero attached hydrogens (tertiary/aromatic N) is 4. The second-order valence-corrected chi connectivity index (χ2v) is 9.55. The Kier molecular flexibility index (Phi) is 7.56. The summed E-state index contributed by atoms with van der Waals surface area (Å²) in [6, 6.07) is 30.7. The van der Waals surface area contributed by atoms with Crippen LogP contribution in [0.4, 0.5) is 0 Å². The number of amides is 1. The quantitative estimate of drug-likeness (QED) is 0.340. The normalized spacial score (nSPS) is 14.6. The lowest BCUT2D eigenvalue weighted by Gasteiger charge is -2.28. The van der Waals surface area contributed by atoms with Crippen LogP contribution in [0.25, 0.3) is 17.1 Å². The van der Waals surface area contributed by atoms with Gasteiger partial charge < -0.3 is 5.32 Å². The molecule has 1 aliphatic heterocycles. The number of thioether (sulfide) groups is 1. The van der Waals surface area contributed by atoms with E-state index in [1.54, 1.807) is 0 Å². The van der Waals surface area contributed by atoms with E-state index in [2.05, 4.69) is 44.7 Å². The van der Waals surface area contributed by atoms with Crippen LogP contribution in [0.15, 0.2) is 96.2 Å². The van der Waals surface area contributed by atoms with Gasteiger partial charge in [-0.05, 0) is 43.6 Å². The number of rotatable bonds is 9. The molecule has 4 aromatic rings. The Labute approximate surface area is 210 Å². The molecular weight excluding hydrogens is 454 g/mol. The summed E-state index contributed by atoms with van der Waals surface area (Å²) in [7, 11) is 0. The van der Waals surface area contributed by atoms with Crippen LogP contribution in [0, 0.1) is 0 Å². The Morgan fingerprint density at radius 2 is 1.49 bits per heavy atom. The minimum Gasteiger partial charge on any atom is -0.353 e. The molecule has 6 nitrogen and oxygen atoms in total. The minimum atomic E-state index is -0.000925. The van der Waals surface area contributed by atoms with Crippen molar-refractivity contribution in [1.82, 2.24) is 25.0 Å². The third kappa shape index (κ3) is 5.63. The molecule has 1 aliphatic rings. The fraction of sp³-hybridized carbons (Fsp3) is 0.250. The molecule has 1 unspecified atom stereocenters. The average molecular weight is 484 g/mol. The molecule has 0 radical (unpaired) electrons. The zero-order valence-electron chi connectivity index (χ0n) is 19.6. The Balaban J connectivity index is 1.29. The lowest BCUT2D eigenvalue weighted by Crippen LogP contribution is -2.37. The molecule has 178 valence electrons. The molecule has 0 bridgehead atoms. The third-order valence-electron chi connectivity index (χ3n) is 6.27. The van der Waals surface area contributed by atoms with Gasteiger partial charge in [-0.15, -0.1) is 10.2 Å². The fourth-order valence-corrected chi connectivity index (χ4v) is 5.31. The van der Waals surface area contributed by atoms with Gasteiger partial charge in [-0.25, -0.2) is 0 Å². The maximum atomic E-state index is 12.9. The smallest absolute Gasteiger partial charge is 0.230 e. The van der Waals surface area contributed by atoms with Gasteiger partial charge in [-0.2, -0.15) is 0 Å². The molecule has 1 atom stereocenters. The van der Waals surface area contributed by atoms with Gasteiger partial charge in [0, 0.05) is 17.8 Å². The standard InChI is InChI=1S/C28H29N5OS/c34-26(29-20-25(32-18-10-11-19-32)22-12-4-1-5-13-22)21-35-28-31-30-27(23-14-6-2-7-15-23)33(28)24-16-8-3-9-17-24/h1-9,12-17,25H,10-11,18-21H2,(H,29,34). The van der Waals surface area contributed by atoms with Crippen LogP contribution in [-0.2, 0) is 4.79 Å². The average Bonchev–Trinajstić information content (AvgIpc) is 3.60. The Morgan fingerprint density at radius 1 is 0.857 bits per heavy atom. The first-order chi connectivity index (χ1) is 17.3. The van der Waals surface area contributed by atoms with Crippen LogP contribution in [0.5, 0.6) is 0 Å². The van der Waals surface area contributed by atoms with Crippen LogP contribution in [0.3, 0.4) is 0 Å². The molecule has 35 heavy (non-hydrogen) atoms. The van der Waals surface area contributed by atoms with Crippen LogP contribution >= 0.6 is 11.8 Å². The van der Waals surface area contributed by atoms with Crippen LogP contribution in [0.1, 0.15) is 24.4 Å². The van der Waals surface area contributed by atoms with E-state index in [0.717, 1.165) is 30.2 Å². The lowest BCUT2D eigenvalue weighted by atomic mass is 10.1. The molecule has 1 N–H and O–H groups in total. The highest BCUT2D eigenvalue weighted by Gasteiger charge is 2.24. The van der Waals surface area contributed by atoms with E-state index in [1.165, 1.54) is 30.2 Å². The van der Waals surface area contributed by atoms with Crippen LogP contribution in [0.2, 0.25) is 0 Å². The van der Waals surface area contributed by atoms with Crippen molar-refractivity contribution in [2.75, 3.05) is 25.4 Å². The van der Waals surface area contributed by atoms with Gasteiger partial charge >= 0.3 is 0 Å². The van der Waals surface area contributed by atoms with E-state index in [-0.39, 0.29) is 17.7 Å². The highest BCUT2D eigenvalue weighted by Crippen LogP contribution is 2.28. The summed E-state index contributed by atoms with van der Waals surface area (Å²) < 4.78 is 2.02. The molecule has 0 saturated carbocycles. The summed E-state index contributed by atoms with van der Waals surface area (Å²) in [5.74, 6) is 1.04. The van der Waals surface area contributed by atoms with E-state index in [9.17, 15) is 4.79 Å². The number of para-hydroxylation sites is 1. The van der Waals surface area contributed by atoms with E-state index in [4.69, 9.17) is 0 Å². The summed E-state index contributed by atoms with van der Waals surface area (Å²) in [5, 5.41) is 12.8. The monoisotopic (exact) mass is 483 g/mol. The number of nitrogens with one attached hydrogen (secondary N) is 1. The molecule has 0 aliphatic carbocycles. The van der Waals surface area contributed by atoms with E-state index < -0.39 is 0 Å². The van der Waals surface area contributed by atoms with Crippen LogP contribution in [-0.4, -0.2) is 51.0 Å². The Morgan fingerprint density at radius 3 is 2.17 bits per heavy atom. The number of hydrogen-bond acceptors (Lipinski definition) is 5. The highest BCUT2D eigenvalue weighted by molar-refractivity contribution is 7.99. The molecule has 3 aromatic carbocycles. The van der Waals surface area contributed by atoms with Gasteiger partial charge in [0.1, 0.15) is 0 Å². The summed E-state index contributed by atoms with van der Waals surface area (Å²) in [5.41, 5.74) is 3.20. The van der Waals surface area contributed by atoms with Crippen molar-refractivity contribution >= 4 is 17.7 Å². The van der Waals surface area contributed by atoms with Crippen molar-refractivity contribution in [2.45, 2.75) is 24.0 Å². The van der Waals surface area contributed by atoms with E-state index in [0.29, 0.717) is 11.7 Å². The molecule has 1 amide bonds. The molecule has 1 fully saturated rings. The Hall–Kier alpha value is -3.42. The third-order valence-corrected chi connectivity index (χ3v) is 7.20. The van der Waals surface area contributed by atoms with Gasteiger partial charge in [-0.3, -0.25) is 14.3 Å². The molecule has 1 saturated heterocycles. The van der Waals surface area contributed by atoms with Crippen molar-refractivity contribution in [3.63, 3.8) is 0 Å². The zero-order valence-corrected chi connectivity index (χ0v) is 20.4. The predicted molar refractivity (Wildman–Crippen MR) is 141 cm³/mol. The molecular formula is C28H29N5OS. The SMILES string of the molecule is O=C(CSc1nnc(-c2ccccc2)n1-c1ccccc1)NCC(c1ccccc1)N1CCCC1. The highest BCUT2D eigenvalue weighted by atomic mass is 32.2. The summed E-state index contributed by atoms with van der Waals surface area (Å²) >= 11 is 1.41. The van der Waals surface area contributed by atoms with Crippen molar-refractivity contribution in [3.8, 4) is 17.1 Å². The second-order valence-electron chi connectivity index (χ2n) is 8.61. The first-order valence-corrected chi connectivity index (χ1v) is 13.0. The molecule has 7 heteroatoms. The molecule has 0 spiro atoms. The van der Waals surface area contributed by atoms with Gasteiger partial charge in [0.2, 0.25) is 5.91 Å². The molecule has 2 heterocycles. The van der Waals surface area contributed by atoms with Gasteiger partial charge in [0.15, 0.2) is 11.0 Å². The van der Waals surface area contributed by atoms with Crippen molar-refractivity contribution < 1.29 is 4.79 Å². The summed E-state index contributed by atoms with van der Waals surface area (Å²) in [6.07, 6.45) is 2.43. The lowest BCUT2D eigenvalue weighted by molar-refractivity contribution is -0.118. The first kappa shape index (κ1) is 23.3. The van der Waals surface area contributed by atoms with E-state index in [1.807, 2.05) is 71.3 Å². The number of hydrogen-bond donors (Lipinski definition) is 1. The molecule has 1 aromatic heterocycles. The summed E-state index contributed by atoms with van der Waals surface area (Å²) in [6.45, 7) is 2.75. The predicted octanol–water partition coefficient (Wildman–Crippen LogP) is 4.98. The number of carbonyl (C=O) groups is 1. The fourth-order valence-electron chi connectivity index (χ4n) is 4.53. The van der Waals surface area contributed by atoms with Gasteiger partial charge in [0.25, 0.3) is 0 Å². The van der Waals surface area contributed by atoms with Gasteiger partial charge in [-0.1, -0.05) is 90.6 Å². The van der Waals surface area contributed by atoms with Crippen molar-refractivity contribution in [1.29, 1.82) is 0 Å². The number of aromatic nitrogens is 3. The van der Waals surface area contributed by atoms with E-state index >= 15 is 0 Å². The second kappa shape index (κ2) is 11.3. The minimum absolute atomic E-state index is 0.000925. The topological polar surface area (TPSA) is 63.1 Å². The largest absolute Gasteiger partial charge is 0.353 e.